The Bertz CT molecular complexity index is 680. The van der Waals surface area contributed by atoms with Gasteiger partial charge in [-0.25, -0.2) is 0 Å². The summed E-state index contributed by atoms with van der Waals surface area (Å²) in [5.41, 5.74) is 0.969. The summed E-state index contributed by atoms with van der Waals surface area (Å²) in [5, 5.41) is 21.3. The summed E-state index contributed by atoms with van der Waals surface area (Å²) in [6.45, 7) is 0. The largest absolute Gasteiger partial charge is 0.507 e. The fraction of sp³-hybridized carbons (Fsp3) is 0.125. The first kappa shape index (κ1) is 14.9. The zero-order valence-corrected chi connectivity index (χ0v) is 12.1. The number of para-hydroxylation sites is 2. The molecule has 2 aromatic rings. The number of thioether (sulfide) groups is 1. The molecule has 0 aliphatic carbocycles. The van der Waals surface area contributed by atoms with Gasteiger partial charge < -0.3 is 10.4 Å². The number of carbonyl (C=O) groups is 1. The van der Waals surface area contributed by atoms with Crippen molar-refractivity contribution in [1.82, 2.24) is 0 Å². The quantitative estimate of drug-likeness (QED) is 0.830. The molecule has 0 atom stereocenters. The summed E-state index contributed by atoms with van der Waals surface area (Å²) in [4.78, 5) is 12.6. The number of nitriles is 1. The number of rotatable bonds is 5. The van der Waals surface area contributed by atoms with Crippen LogP contribution in [0.4, 0.5) is 5.69 Å². The Morgan fingerprint density at radius 3 is 2.67 bits per heavy atom. The van der Waals surface area contributed by atoms with E-state index in [4.69, 9.17) is 5.26 Å². The molecular weight excluding hydrogens is 284 g/mol. The van der Waals surface area contributed by atoms with E-state index < -0.39 is 0 Å². The Hall–Kier alpha value is -2.45. The monoisotopic (exact) mass is 298 g/mol. The molecule has 0 fully saturated rings. The lowest BCUT2D eigenvalue weighted by molar-refractivity contribution is -0.115. The average Bonchev–Trinajstić information content (AvgIpc) is 2.50. The van der Waals surface area contributed by atoms with Crippen LogP contribution in [-0.4, -0.2) is 16.8 Å². The van der Waals surface area contributed by atoms with Crippen LogP contribution in [0.5, 0.6) is 5.75 Å². The molecule has 0 unspecified atom stereocenters. The first-order valence-electron chi connectivity index (χ1n) is 6.40. The Kier molecular flexibility index (Phi) is 5.24. The van der Waals surface area contributed by atoms with Crippen LogP contribution in [-0.2, 0) is 4.79 Å². The van der Waals surface area contributed by atoms with E-state index in [2.05, 4.69) is 5.32 Å². The van der Waals surface area contributed by atoms with Gasteiger partial charge in [-0.15, -0.1) is 11.8 Å². The zero-order chi connectivity index (χ0) is 15.1. The Morgan fingerprint density at radius 1 is 1.19 bits per heavy atom. The molecule has 2 N–H and O–H groups in total. The lowest BCUT2D eigenvalue weighted by Crippen LogP contribution is -2.13. The van der Waals surface area contributed by atoms with Crippen LogP contribution in [0.15, 0.2) is 53.4 Å². The molecule has 0 saturated carbocycles. The van der Waals surface area contributed by atoms with Crippen molar-refractivity contribution in [2.75, 3.05) is 11.1 Å². The van der Waals surface area contributed by atoms with Gasteiger partial charge in [0, 0.05) is 17.1 Å². The van der Waals surface area contributed by atoms with Crippen LogP contribution < -0.4 is 5.32 Å². The van der Waals surface area contributed by atoms with Crippen molar-refractivity contribution in [2.24, 2.45) is 0 Å². The third kappa shape index (κ3) is 4.26. The maximum absolute atomic E-state index is 11.9. The standard InChI is InChI=1S/C16H14N2O2S/c17-11-12-5-1-2-6-13(12)18-16(20)9-10-21-15-8-4-3-7-14(15)19/h1-8,19H,9-10H2,(H,18,20). The highest BCUT2D eigenvalue weighted by molar-refractivity contribution is 7.99. The van der Waals surface area contributed by atoms with E-state index in [1.165, 1.54) is 11.8 Å². The fourth-order valence-electron chi connectivity index (χ4n) is 1.74. The molecule has 0 heterocycles. The van der Waals surface area contributed by atoms with E-state index in [9.17, 15) is 9.90 Å². The number of nitrogens with zero attached hydrogens (tertiary/aromatic N) is 1. The number of aromatic hydroxyl groups is 1. The van der Waals surface area contributed by atoms with Gasteiger partial charge in [-0.2, -0.15) is 5.26 Å². The second-order valence-corrected chi connectivity index (χ2v) is 5.41. The number of anilines is 1. The van der Waals surface area contributed by atoms with Crippen LogP contribution in [0.25, 0.3) is 0 Å². The molecule has 1 amide bonds. The number of nitrogens with one attached hydrogen (secondary N) is 1. The maximum atomic E-state index is 11.9. The summed E-state index contributed by atoms with van der Waals surface area (Å²) in [6, 6.07) is 15.9. The number of benzene rings is 2. The van der Waals surface area contributed by atoms with Crippen molar-refractivity contribution in [3.05, 3.63) is 54.1 Å². The molecule has 5 heteroatoms. The van der Waals surface area contributed by atoms with Gasteiger partial charge in [0.2, 0.25) is 5.91 Å². The predicted octanol–water partition coefficient (Wildman–Crippen LogP) is 3.38. The number of amides is 1. The zero-order valence-electron chi connectivity index (χ0n) is 11.2. The smallest absolute Gasteiger partial charge is 0.225 e. The molecule has 0 aromatic heterocycles. The summed E-state index contributed by atoms with van der Waals surface area (Å²) < 4.78 is 0. The van der Waals surface area contributed by atoms with Gasteiger partial charge in [0.25, 0.3) is 0 Å². The van der Waals surface area contributed by atoms with Crippen LogP contribution in [0.2, 0.25) is 0 Å². The fourth-order valence-corrected chi connectivity index (χ4v) is 2.63. The van der Waals surface area contributed by atoms with Gasteiger partial charge in [0.15, 0.2) is 0 Å². The molecule has 0 bridgehead atoms. The van der Waals surface area contributed by atoms with E-state index in [0.717, 1.165) is 4.90 Å². The number of phenolic OH excluding ortho intramolecular Hbond substituents is 1. The van der Waals surface area contributed by atoms with Gasteiger partial charge in [-0.1, -0.05) is 24.3 Å². The molecule has 0 saturated heterocycles. The molecule has 0 aliphatic rings. The highest BCUT2D eigenvalue weighted by atomic mass is 32.2. The number of phenols is 1. The van der Waals surface area contributed by atoms with E-state index in [1.807, 2.05) is 18.2 Å². The van der Waals surface area contributed by atoms with Gasteiger partial charge >= 0.3 is 0 Å². The molecular formula is C16H14N2O2S. The minimum atomic E-state index is -0.152. The molecule has 0 aliphatic heterocycles. The lowest BCUT2D eigenvalue weighted by Gasteiger charge is -2.07. The SMILES string of the molecule is N#Cc1ccccc1NC(=O)CCSc1ccccc1O. The molecule has 4 nitrogen and oxygen atoms in total. The van der Waals surface area contributed by atoms with E-state index in [1.54, 1.807) is 36.4 Å². The summed E-state index contributed by atoms with van der Waals surface area (Å²) in [7, 11) is 0. The van der Waals surface area contributed by atoms with Crippen molar-refractivity contribution < 1.29 is 9.90 Å². The average molecular weight is 298 g/mol. The van der Waals surface area contributed by atoms with Crippen LogP contribution in [0.3, 0.4) is 0 Å². The molecule has 2 rings (SSSR count). The minimum Gasteiger partial charge on any atom is -0.507 e. The first-order valence-corrected chi connectivity index (χ1v) is 7.39. The minimum absolute atomic E-state index is 0.152. The maximum Gasteiger partial charge on any atom is 0.225 e. The van der Waals surface area contributed by atoms with Crippen molar-refractivity contribution in [3.8, 4) is 11.8 Å². The second kappa shape index (κ2) is 7.36. The van der Waals surface area contributed by atoms with Crippen LogP contribution >= 0.6 is 11.8 Å². The van der Waals surface area contributed by atoms with Crippen LogP contribution in [0, 0.1) is 11.3 Å². The van der Waals surface area contributed by atoms with E-state index in [-0.39, 0.29) is 11.7 Å². The Balaban J connectivity index is 1.86. The van der Waals surface area contributed by atoms with Crippen LogP contribution in [0.1, 0.15) is 12.0 Å². The molecule has 0 radical (unpaired) electrons. The first-order chi connectivity index (χ1) is 10.2. The van der Waals surface area contributed by atoms with Crippen molar-refractivity contribution in [3.63, 3.8) is 0 Å². The number of carbonyl (C=O) groups excluding carboxylic acids is 1. The van der Waals surface area contributed by atoms with Gasteiger partial charge in [0.1, 0.15) is 11.8 Å². The summed E-state index contributed by atoms with van der Waals surface area (Å²) in [5.74, 6) is 0.622. The van der Waals surface area contributed by atoms with Gasteiger partial charge in [0.05, 0.1) is 11.3 Å². The van der Waals surface area contributed by atoms with Crippen molar-refractivity contribution in [2.45, 2.75) is 11.3 Å². The van der Waals surface area contributed by atoms with Crippen molar-refractivity contribution in [1.29, 1.82) is 5.26 Å². The molecule has 21 heavy (non-hydrogen) atoms. The summed E-state index contributed by atoms with van der Waals surface area (Å²) in [6.07, 6.45) is 0.304. The number of hydrogen-bond acceptors (Lipinski definition) is 4. The van der Waals surface area contributed by atoms with Gasteiger partial charge in [-0.3, -0.25) is 4.79 Å². The third-order valence-corrected chi connectivity index (χ3v) is 3.84. The second-order valence-electron chi connectivity index (χ2n) is 4.27. The highest BCUT2D eigenvalue weighted by Gasteiger charge is 2.07. The van der Waals surface area contributed by atoms with E-state index >= 15 is 0 Å². The highest BCUT2D eigenvalue weighted by Crippen LogP contribution is 2.28. The number of hydrogen-bond donors (Lipinski definition) is 2. The van der Waals surface area contributed by atoms with Crippen molar-refractivity contribution >= 4 is 23.4 Å². The Labute approximate surface area is 127 Å². The molecule has 106 valence electrons. The Morgan fingerprint density at radius 2 is 1.90 bits per heavy atom. The van der Waals surface area contributed by atoms with Gasteiger partial charge in [-0.05, 0) is 24.3 Å². The van der Waals surface area contributed by atoms with E-state index in [0.29, 0.717) is 23.4 Å². The summed E-state index contributed by atoms with van der Waals surface area (Å²) >= 11 is 1.42. The molecule has 2 aromatic carbocycles. The topological polar surface area (TPSA) is 73.1 Å². The lowest BCUT2D eigenvalue weighted by atomic mass is 10.2. The predicted molar refractivity (Wildman–Crippen MR) is 83.2 cm³/mol. The molecule has 0 spiro atoms. The third-order valence-electron chi connectivity index (χ3n) is 2.77. The normalized spacial score (nSPS) is 9.86.